The Morgan fingerprint density at radius 3 is 2.07 bits per heavy atom. The lowest BCUT2D eigenvalue weighted by atomic mass is 10.3. The van der Waals surface area contributed by atoms with Crippen molar-refractivity contribution in [1.82, 2.24) is 10.2 Å². The highest BCUT2D eigenvalue weighted by Gasteiger charge is 2.11. The summed E-state index contributed by atoms with van der Waals surface area (Å²) >= 11 is 0. The smallest absolute Gasteiger partial charge is 0.404 e. The van der Waals surface area contributed by atoms with Gasteiger partial charge in [0.2, 0.25) is 5.91 Å². The molecule has 88 valence electrons. The Morgan fingerprint density at radius 1 is 1.13 bits per heavy atom. The van der Waals surface area contributed by atoms with Gasteiger partial charge in [-0.1, -0.05) is 0 Å². The molecule has 7 nitrogen and oxygen atoms in total. The Labute approximate surface area is 87.3 Å². The first kappa shape index (κ1) is 13.7. The number of amides is 2. The Balaban J connectivity index is 3.85. The Morgan fingerprint density at radius 2 is 1.67 bits per heavy atom. The highest BCUT2D eigenvalue weighted by atomic mass is 16.4. The Kier molecular flexibility index (Phi) is 7.29. The van der Waals surface area contributed by atoms with E-state index in [4.69, 9.17) is 15.3 Å². The summed E-state index contributed by atoms with van der Waals surface area (Å²) in [6.45, 7) is -0.0450. The topological polar surface area (TPSA) is 110 Å². The van der Waals surface area contributed by atoms with Crippen molar-refractivity contribution in [1.29, 1.82) is 0 Å². The summed E-state index contributed by atoms with van der Waals surface area (Å²) < 4.78 is 0. The molecule has 0 unspecified atom stereocenters. The molecule has 0 heterocycles. The molecule has 7 heteroatoms. The highest BCUT2D eigenvalue weighted by molar-refractivity contribution is 5.77. The van der Waals surface area contributed by atoms with Gasteiger partial charge < -0.3 is 25.5 Å². The zero-order chi connectivity index (χ0) is 11.7. The second-order valence-corrected chi connectivity index (χ2v) is 2.81. The number of nitrogens with zero attached hydrogens (tertiary/aromatic N) is 1. The Bertz CT molecular complexity index is 203. The summed E-state index contributed by atoms with van der Waals surface area (Å²) in [5, 5.41) is 27.6. The van der Waals surface area contributed by atoms with Crippen LogP contribution >= 0.6 is 0 Å². The van der Waals surface area contributed by atoms with Crippen molar-refractivity contribution in [3.63, 3.8) is 0 Å². The third-order valence-corrected chi connectivity index (χ3v) is 1.71. The van der Waals surface area contributed by atoms with Crippen LogP contribution in [0.25, 0.3) is 0 Å². The number of aliphatic hydroxyl groups is 2. The quantitative estimate of drug-likeness (QED) is 0.415. The predicted molar refractivity (Wildman–Crippen MR) is 51.4 cm³/mol. The van der Waals surface area contributed by atoms with Gasteiger partial charge >= 0.3 is 6.09 Å². The lowest BCUT2D eigenvalue weighted by molar-refractivity contribution is -0.132. The second-order valence-electron chi connectivity index (χ2n) is 2.81. The minimum Gasteiger partial charge on any atom is -0.465 e. The molecule has 0 aromatic heterocycles. The van der Waals surface area contributed by atoms with E-state index in [2.05, 4.69) is 5.32 Å². The molecular weight excluding hydrogens is 204 g/mol. The van der Waals surface area contributed by atoms with E-state index in [1.54, 1.807) is 0 Å². The maximum atomic E-state index is 11.4. The maximum absolute atomic E-state index is 11.4. The number of rotatable bonds is 7. The number of hydrogen-bond acceptors (Lipinski definition) is 4. The van der Waals surface area contributed by atoms with E-state index in [1.165, 1.54) is 4.90 Å². The molecule has 0 aromatic carbocycles. The number of nitrogens with one attached hydrogen (secondary N) is 1. The summed E-state index contributed by atoms with van der Waals surface area (Å²) in [6, 6.07) is 0. The summed E-state index contributed by atoms with van der Waals surface area (Å²) in [5.74, 6) is -0.299. The maximum Gasteiger partial charge on any atom is 0.404 e. The van der Waals surface area contributed by atoms with Gasteiger partial charge in [0.15, 0.2) is 0 Å². The standard InChI is InChI=1S/C8H16N2O5/c11-5-3-10(4-6-12)7(13)1-2-9-8(14)15/h9,11-12H,1-6H2,(H,14,15). The summed E-state index contributed by atoms with van der Waals surface area (Å²) in [4.78, 5) is 22.7. The molecule has 0 fully saturated rings. The molecule has 0 aliphatic rings. The molecule has 0 rings (SSSR count). The van der Waals surface area contributed by atoms with Crippen molar-refractivity contribution in [3.05, 3.63) is 0 Å². The first-order chi connectivity index (χ1) is 7.11. The third kappa shape index (κ3) is 6.69. The minimum atomic E-state index is -1.18. The van der Waals surface area contributed by atoms with Crippen molar-refractivity contribution in [2.45, 2.75) is 6.42 Å². The largest absolute Gasteiger partial charge is 0.465 e. The molecule has 0 aromatic rings. The van der Waals surface area contributed by atoms with Gasteiger partial charge in [-0.25, -0.2) is 4.79 Å². The molecule has 4 N–H and O–H groups in total. The molecule has 15 heavy (non-hydrogen) atoms. The van der Waals surface area contributed by atoms with Crippen molar-refractivity contribution in [2.75, 3.05) is 32.8 Å². The fourth-order valence-electron chi connectivity index (χ4n) is 1.04. The van der Waals surface area contributed by atoms with Crippen molar-refractivity contribution in [2.24, 2.45) is 0 Å². The van der Waals surface area contributed by atoms with Crippen LogP contribution in [0.3, 0.4) is 0 Å². The van der Waals surface area contributed by atoms with Crippen LogP contribution in [0.15, 0.2) is 0 Å². The van der Waals surface area contributed by atoms with Crippen LogP contribution in [0.2, 0.25) is 0 Å². The van der Waals surface area contributed by atoms with E-state index in [0.717, 1.165) is 0 Å². The van der Waals surface area contributed by atoms with E-state index >= 15 is 0 Å². The average Bonchev–Trinajstić information content (AvgIpc) is 2.16. The van der Waals surface area contributed by atoms with Crippen LogP contribution in [0, 0.1) is 0 Å². The van der Waals surface area contributed by atoms with Crippen molar-refractivity contribution < 1.29 is 24.9 Å². The zero-order valence-corrected chi connectivity index (χ0v) is 8.35. The van der Waals surface area contributed by atoms with Crippen LogP contribution in [-0.4, -0.2) is 65.1 Å². The van der Waals surface area contributed by atoms with Crippen molar-refractivity contribution in [3.8, 4) is 0 Å². The normalized spacial score (nSPS) is 9.73. The van der Waals surface area contributed by atoms with Crippen LogP contribution < -0.4 is 5.32 Å². The van der Waals surface area contributed by atoms with Gasteiger partial charge in [0.05, 0.1) is 13.2 Å². The van der Waals surface area contributed by atoms with Crippen LogP contribution in [0.4, 0.5) is 4.79 Å². The second kappa shape index (κ2) is 8.01. The molecule has 0 saturated carbocycles. The number of carbonyl (C=O) groups is 2. The average molecular weight is 220 g/mol. The number of carboxylic acid groups (broad SMARTS) is 1. The molecular formula is C8H16N2O5. The summed E-state index contributed by atoms with van der Waals surface area (Å²) in [7, 11) is 0. The van der Waals surface area contributed by atoms with Crippen LogP contribution in [0.1, 0.15) is 6.42 Å². The van der Waals surface area contributed by atoms with Crippen molar-refractivity contribution >= 4 is 12.0 Å². The van der Waals surface area contributed by atoms with Gasteiger partial charge in [0.25, 0.3) is 0 Å². The summed E-state index contributed by atoms with van der Waals surface area (Å²) in [5.41, 5.74) is 0. The molecule has 0 radical (unpaired) electrons. The SMILES string of the molecule is O=C(O)NCCC(=O)N(CCO)CCO. The predicted octanol–water partition coefficient (Wildman–Crippen LogP) is -1.54. The molecule has 0 aliphatic carbocycles. The van der Waals surface area contributed by atoms with Crippen LogP contribution in [-0.2, 0) is 4.79 Å². The molecule has 0 aliphatic heterocycles. The van der Waals surface area contributed by atoms with Gasteiger partial charge in [-0.05, 0) is 0 Å². The lowest BCUT2D eigenvalue weighted by Crippen LogP contribution is -2.37. The van der Waals surface area contributed by atoms with E-state index < -0.39 is 6.09 Å². The van der Waals surface area contributed by atoms with Gasteiger partial charge in [-0.15, -0.1) is 0 Å². The highest BCUT2D eigenvalue weighted by Crippen LogP contribution is 1.93. The van der Waals surface area contributed by atoms with Gasteiger partial charge in [0.1, 0.15) is 0 Å². The number of hydrogen-bond donors (Lipinski definition) is 4. The molecule has 2 amide bonds. The van der Waals surface area contributed by atoms with Gasteiger partial charge in [0, 0.05) is 26.1 Å². The molecule has 0 saturated heterocycles. The van der Waals surface area contributed by atoms with Gasteiger partial charge in [-0.2, -0.15) is 0 Å². The van der Waals surface area contributed by atoms with E-state index in [-0.39, 0.29) is 45.2 Å². The molecule has 0 bridgehead atoms. The fourth-order valence-corrected chi connectivity index (χ4v) is 1.04. The first-order valence-electron chi connectivity index (χ1n) is 4.58. The monoisotopic (exact) mass is 220 g/mol. The first-order valence-corrected chi connectivity index (χ1v) is 4.58. The lowest BCUT2D eigenvalue weighted by Gasteiger charge is -2.20. The third-order valence-electron chi connectivity index (χ3n) is 1.71. The summed E-state index contributed by atoms with van der Waals surface area (Å²) in [6.07, 6.45) is -1.16. The van der Waals surface area contributed by atoms with E-state index in [9.17, 15) is 9.59 Å². The van der Waals surface area contributed by atoms with E-state index in [0.29, 0.717) is 0 Å². The molecule has 0 atom stereocenters. The Hall–Kier alpha value is -1.34. The number of carbonyl (C=O) groups excluding carboxylic acids is 1. The zero-order valence-electron chi connectivity index (χ0n) is 8.35. The minimum absolute atomic E-state index is 0.0201. The van der Waals surface area contributed by atoms with E-state index in [1.807, 2.05) is 0 Å². The number of aliphatic hydroxyl groups excluding tert-OH is 2. The van der Waals surface area contributed by atoms with Gasteiger partial charge in [-0.3, -0.25) is 4.79 Å². The fraction of sp³-hybridized carbons (Fsp3) is 0.750. The van der Waals surface area contributed by atoms with Crippen LogP contribution in [0.5, 0.6) is 0 Å². The molecule has 0 spiro atoms.